The summed E-state index contributed by atoms with van der Waals surface area (Å²) in [6.07, 6.45) is 4.15. The first-order valence-corrected chi connectivity index (χ1v) is 8.04. The molecule has 0 radical (unpaired) electrons. The van der Waals surface area contributed by atoms with Crippen LogP contribution in [0.15, 0.2) is 11.4 Å². The van der Waals surface area contributed by atoms with Crippen LogP contribution in [0.25, 0.3) is 0 Å². The molecule has 0 aromatic carbocycles. The zero-order chi connectivity index (χ0) is 14.4. The van der Waals surface area contributed by atoms with Crippen LogP contribution in [0.2, 0.25) is 0 Å². The van der Waals surface area contributed by atoms with Gasteiger partial charge in [0.1, 0.15) is 4.88 Å². The summed E-state index contributed by atoms with van der Waals surface area (Å²) in [5.74, 6) is 7.20. The van der Waals surface area contributed by atoms with E-state index in [1.807, 2.05) is 11.4 Å². The number of amides is 1. The minimum Gasteiger partial charge on any atom is -0.395 e. The van der Waals surface area contributed by atoms with Gasteiger partial charge in [-0.15, -0.1) is 11.3 Å². The summed E-state index contributed by atoms with van der Waals surface area (Å²) in [6.45, 7) is 3.10. The molecule has 2 N–H and O–H groups in total. The van der Waals surface area contributed by atoms with Crippen LogP contribution < -0.4 is 5.32 Å². The molecule has 1 aliphatic carbocycles. The molecule has 1 amide bonds. The molecule has 1 fully saturated rings. The van der Waals surface area contributed by atoms with Gasteiger partial charge in [0.25, 0.3) is 5.91 Å². The van der Waals surface area contributed by atoms with E-state index in [2.05, 4.69) is 24.1 Å². The topological polar surface area (TPSA) is 49.3 Å². The standard InChI is InChI=1S/C16H21NO2S/c1-12-5-6-13(10-12)11-17-16(19)15-14(7-9-20-15)4-2-3-8-18/h7,9,12-13,18H,3,5-6,8,10-11H2,1H3,(H,17,19). The fraction of sp³-hybridized carbons (Fsp3) is 0.562. The lowest BCUT2D eigenvalue weighted by Gasteiger charge is -2.10. The highest BCUT2D eigenvalue weighted by Gasteiger charge is 2.22. The average Bonchev–Trinajstić information content (AvgIpc) is 3.05. The van der Waals surface area contributed by atoms with E-state index >= 15 is 0 Å². The first-order chi connectivity index (χ1) is 9.70. The summed E-state index contributed by atoms with van der Waals surface area (Å²) >= 11 is 1.42. The molecule has 1 aromatic heterocycles. The number of nitrogens with one attached hydrogen (secondary N) is 1. The molecule has 1 heterocycles. The molecule has 0 bridgehead atoms. The van der Waals surface area contributed by atoms with E-state index in [-0.39, 0.29) is 12.5 Å². The molecule has 1 aliphatic rings. The minimum absolute atomic E-state index is 0.0205. The van der Waals surface area contributed by atoms with Crippen molar-refractivity contribution in [2.45, 2.75) is 32.6 Å². The maximum absolute atomic E-state index is 12.2. The lowest BCUT2D eigenvalue weighted by Crippen LogP contribution is -2.28. The lowest BCUT2D eigenvalue weighted by molar-refractivity contribution is 0.0951. The number of aliphatic hydroxyl groups is 1. The second kappa shape index (κ2) is 7.47. The quantitative estimate of drug-likeness (QED) is 0.838. The Morgan fingerprint density at radius 1 is 1.55 bits per heavy atom. The summed E-state index contributed by atoms with van der Waals surface area (Å²) in [5, 5.41) is 13.6. The number of carbonyl (C=O) groups excluding carboxylic acids is 1. The third-order valence-corrected chi connectivity index (χ3v) is 4.60. The van der Waals surface area contributed by atoms with Crippen molar-refractivity contribution < 1.29 is 9.90 Å². The summed E-state index contributed by atoms with van der Waals surface area (Å²) in [7, 11) is 0. The fourth-order valence-corrected chi connectivity index (χ4v) is 3.39. The maximum atomic E-state index is 12.2. The van der Waals surface area contributed by atoms with Gasteiger partial charge in [-0.3, -0.25) is 4.79 Å². The Balaban J connectivity index is 1.89. The molecule has 3 nitrogen and oxygen atoms in total. The first kappa shape index (κ1) is 15.1. The summed E-state index contributed by atoms with van der Waals surface area (Å²) in [4.78, 5) is 12.9. The van der Waals surface area contributed by atoms with E-state index in [0.717, 1.165) is 18.0 Å². The van der Waals surface area contributed by atoms with Crippen molar-refractivity contribution in [3.05, 3.63) is 21.9 Å². The van der Waals surface area contributed by atoms with E-state index in [1.165, 1.54) is 30.6 Å². The van der Waals surface area contributed by atoms with Crippen LogP contribution in [-0.4, -0.2) is 24.2 Å². The van der Waals surface area contributed by atoms with Crippen molar-refractivity contribution >= 4 is 17.2 Å². The molecule has 0 spiro atoms. The Morgan fingerprint density at radius 3 is 3.10 bits per heavy atom. The largest absolute Gasteiger partial charge is 0.395 e. The van der Waals surface area contributed by atoms with Crippen LogP contribution in [-0.2, 0) is 0 Å². The van der Waals surface area contributed by atoms with E-state index in [9.17, 15) is 4.79 Å². The van der Waals surface area contributed by atoms with Crippen LogP contribution in [0.3, 0.4) is 0 Å². The molecular formula is C16H21NO2S. The highest BCUT2D eigenvalue weighted by molar-refractivity contribution is 7.12. The van der Waals surface area contributed by atoms with Gasteiger partial charge in [-0.25, -0.2) is 0 Å². The molecule has 2 unspecified atom stereocenters. The molecule has 1 saturated carbocycles. The van der Waals surface area contributed by atoms with Crippen molar-refractivity contribution in [1.82, 2.24) is 5.32 Å². The van der Waals surface area contributed by atoms with Gasteiger partial charge in [-0.05, 0) is 36.1 Å². The smallest absolute Gasteiger partial charge is 0.262 e. The van der Waals surface area contributed by atoms with Gasteiger partial charge < -0.3 is 10.4 Å². The fourth-order valence-electron chi connectivity index (χ4n) is 2.62. The van der Waals surface area contributed by atoms with E-state index in [4.69, 9.17) is 5.11 Å². The Hall–Kier alpha value is -1.31. The Labute approximate surface area is 124 Å². The van der Waals surface area contributed by atoms with Crippen LogP contribution in [0.1, 0.15) is 47.8 Å². The van der Waals surface area contributed by atoms with Gasteiger partial charge in [-0.2, -0.15) is 0 Å². The summed E-state index contributed by atoms with van der Waals surface area (Å²) in [6, 6.07) is 1.86. The van der Waals surface area contributed by atoms with E-state index in [1.54, 1.807) is 0 Å². The van der Waals surface area contributed by atoms with Crippen LogP contribution in [0, 0.1) is 23.7 Å². The third kappa shape index (κ3) is 4.09. The minimum atomic E-state index is -0.0205. The van der Waals surface area contributed by atoms with Gasteiger partial charge in [0.2, 0.25) is 0 Å². The van der Waals surface area contributed by atoms with E-state index < -0.39 is 0 Å². The molecule has 2 atom stereocenters. The van der Waals surface area contributed by atoms with Crippen LogP contribution in [0.5, 0.6) is 0 Å². The van der Waals surface area contributed by atoms with Crippen molar-refractivity contribution in [3.8, 4) is 11.8 Å². The van der Waals surface area contributed by atoms with Gasteiger partial charge in [0.05, 0.1) is 6.61 Å². The third-order valence-electron chi connectivity index (χ3n) is 3.69. The zero-order valence-electron chi connectivity index (χ0n) is 11.8. The summed E-state index contributed by atoms with van der Waals surface area (Å²) in [5.41, 5.74) is 0.765. The monoisotopic (exact) mass is 291 g/mol. The van der Waals surface area contributed by atoms with E-state index in [0.29, 0.717) is 17.2 Å². The number of hydrogen-bond acceptors (Lipinski definition) is 3. The Morgan fingerprint density at radius 2 is 2.40 bits per heavy atom. The Kier molecular flexibility index (Phi) is 5.63. The van der Waals surface area contributed by atoms with Crippen LogP contribution >= 0.6 is 11.3 Å². The van der Waals surface area contributed by atoms with Crippen molar-refractivity contribution in [3.63, 3.8) is 0 Å². The molecule has 0 aliphatic heterocycles. The molecule has 4 heteroatoms. The molecule has 20 heavy (non-hydrogen) atoms. The summed E-state index contributed by atoms with van der Waals surface area (Å²) < 4.78 is 0. The number of hydrogen-bond donors (Lipinski definition) is 2. The van der Waals surface area contributed by atoms with Gasteiger partial charge in [-0.1, -0.05) is 25.2 Å². The molecule has 108 valence electrons. The molecule has 1 aromatic rings. The maximum Gasteiger partial charge on any atom is 0.262 e. The zero-order valence-corrected chi connectivity index (χ0v) is 12.6. The molecule has 0 saturated heterocycles. The molecule has 2 rings (SSSR count). The number of aliphatic hydroxyl groups excluding tert-OH is 1. The predicted octanol–water partition coefficient (Wildman–Crippen LogP) is 2.65. The number of thiophene rings is 1. The van der Waals surface area contributed by atoms with Crippen molar-refractivity contribution in [1.29, 1.82) is 0 Å². The van der Waals surface area contributed by atoms with Gasteiger partial charge in [0.15, 0.2) is 0 Å². The number of carbonyl (C=O) groups is 1. The highest BCUT2D eigenvalue weighted by atomic mass is 32.1. The number of rotatable bonds is 4. The van der Waals surface area contributed by atoms with Gasteiger partial charge in [0, 0.05) is 18.5 Å². The second-order valence-electron chi connectivity index (χ2n) is 5.43. The van der Waals surface area contributed by atoms with Crippen molar-refractivity contribution in [2.75, 3.05) is 13.2 Å². The van der Waals surface area contributed by atoms with Crippen LogP contribution in [0.4, 0.5) is 0 Å². The highest BCUT2D eigenvalue weighted by Crippen LogP contribution is 2.29. The predicted molar refractivity (Wildman–Crippen MR) is 81.7 cm³/mol. The lowest BCUT2D eigenvalue weighted by atomic mass is 10.1. The van der Waals surface area contributed by atoms with Crippen molar-refractivity contribution in [2.24, 2.45) is 11.8 Å². The second-order valence-corrected chi connectivity index (χ2v) is 6.35. The Bertz CT molecular complexity index is 512. The van der Waals surface area contributed by atoms with Gasteiger partial charge >= 0.3 is 0 Å². The average molecular weight is 291 g/mol. The normalized spacial score (nSPS) is 21.3. The molecular weight excluding hydrogens is 270 g/mol. The SMILES string of the molecule is CC1CCC(CNC(=O)c2sccc2C#CCCO)C1. The first-order valence-electron chi connectivity index (χ1n) is 7.16.